The van der Waals surface area contributed by atoms with Gasteiger partial charge in [0.2, 0.25) is 10.0 Å². The third kappa shape index (κ3) is 2.99. The summed E-state index contributed by atoms with van der Waals surface area (Å²) in [4.78, 5) is 0. The van der Waals surface area contributed by atoms with Crippen LogP contribution in [0.3, 0.4) is 0 Å². The summed E-state index contributed by atoms with van der Waals surface area (Å²) in [5.74, 6) is 0. The maximum absolute atomic E-state index is 12.4. The van der Waals surface area contributed by atoms with Crippen LogP contribution in [0.1, 0.15) is 25.7 Å². The highest BCUT2D eigenvalue weighted by Crippen LogP contribution is 2.23. The number of nitrogens with zero attached hydrogens (tertiary/aromatic N) is 1. The summed E-state index contributed by atoms with van der Waals surface area (Å²) in [6, 6.07) is 0.469. The van der Waals surface area contributed by atoms with Crippen molar-refractivity contribution < 1.29 is 13.2 Å². The minimum Gasteiger partial charge on any atom is -0.381 e. The first kappa shape index (κ1) is 13.3. The highest BCUT2D eigenvalue weighted by Gasteiger charge is 2.35. The van der Waals surface area contributed by atoms with E-state index in [2.05, 4.69) is 5.32 Å². The van der Waals surface area contributed by atoms with Crippen LogP contribution in [0.4, 0.5) is 0 Å². The minimum atomic E-state index is -3.09. The molecule has 0 amide bonds. The van der Waals surface area contributed by atoms with E-state index in [1.807, 2.05) is 7.05 Å². The van der Waals surface area contributed by atoms with Crippen LogP contribution < -0.4 is 5.32 Å². The lowest BCUT2D eigenvalue weighted by Gasteiger charge is -2.34. The first-order valence-corrected chi connectivity index (χ1v) is 7.89. The lowest BCUT2D eigenvalue weighted by molar-refractivity contribution is 0.0969. The second kappa shape index (κ2) is 5.65. The van der Waals surface area contributed by atoms with Crippen LogP contribution in [0, 0.1) is 0 Å². The Morgan fingerprint density at radius 2 is 1.71 bits per heavy atom. The van der Waals surface area contributed by atoms with Crippen LogP contribution in [-0.4, -0.2) is 57.4 Å². The number of hydrogen-bond donors (Lipinski definition) is 1. The zero-order valence-corrected chi connectivity index (χ0v) is 11.2. The van der Waals surface area contributed by atoms with E-state index in [4.69, 9.17) is 4.74 Å². The maximum atomic E-state index is 12.4. The molecular formula is C11H22N2O3S. The summed E-state index contributed by atoms with van der Waals surface area (Å²) in [5, 5.41) is 2.99. The van der Waals surface area contributed by atoms with E-state index in [1.165, 1.54) is 0 Å². The summed E-state index contributed by atoms with van der Waals surface area (Å²) < 4.78 is 31.7. The number of nitrogens with one attached hydrogen (secondary N) is 1. The molecule has 2 rings (SSSR count). The smallest absolute Gasteiger partial charge is 0.217 e. The molecule has 100 valence electrons. The van der Waals surface area contributed by atoms with Crippen LogP contribution in [-0.2, 0) is 14.8 Å². The molecule has 2 saturated heterocycles. The number of piperidine rings is 1. The predicted octanol–water partition coefficient (Wildman–Crippen LogP) is 0.179. The minimum absolute atomic E-state index is 0.220. The van der Waals surface area contributed by atoms with Crippen molar-refractivity contribution in [2.45, 2.75) is 37.0 Å². The molecule has 1 N–H and O–H groups in total. The molecule has 0 unspecified atom stereocenters. The highest BCUT2D eigenvalue weighted by atomic mass is 32.2. The molecule has 2 aliphatic heterocycles. The Morgan fingerprint density at radius 1 is 1.12 bits per heavy atom. The average molecular weight is 262 g/mol. The standard InChI is InChI=1S/C11H22N2O3S/c1-12-10-2-6-13(7-3-10)17(14,15)11-4-8-16-9-5-11/h10-12H,2-9H2,1H3. The Morgan fingerprint density at radius 3 is 2.24 bits per heavy atom. The molecule has 0 bridgehead atoms. The van der Waals surface area contributed by atoms with E-state index >= 15 is 0 Å². The van der Waals surface area contributed by atoms with Crippen molar-refractivity contribution in [2.75, 3.05) is 33.4 Å². The number of ether oxygens (including phenoxy) is 1. The van der Waals surface area contributed by atoms with E-state index in [-0.39, 0.29) is 5.25 Å². The fourth-order valence-electron chi connectivity index (χ4n) is 2.58. The second-order valence-electron chi connectivity index (χ2n) is 4.82. The molecule has 0 aromatic rings. The van der Waals surface area contributed by atoms with Gasteiger partial charge in [0.15, 0.2) is 0 Å². The topological polar surface area (TPSA) is 58.6 Å². The molecule has 2 heterocycles. The molecular weight excluding hydrogens is 240 g/mol. The van der Waals surface area contributed by atoms with Gasteiger partial charge in [-0.05, 0) is 32.7 Å². The molecule has 0 spiro atoms. The Hall–Kier alpha value is -0.170. The molecule has 0 aromatic carbocycles. The van der Waals surface area contributed by atoms with E-state index in [9.17, 15) is 8.42 Å². The van der Waals surface area contributed by atoms with Gasteiger partial charge in [0.25, 0.3) is 0 Å². The summed E-state index contributed by atoms with van der Waals surface area (Å²) in [5.41, 5.74) is 0. The van der Waals surface area contributed by atoms with Crippen molar-refractivity contribution in [3.63, 3.8) is 0 Å². The molecule has 0 radical (unpaired) electrons. The van der Waals surface area contributed by atoms with Crippen LogP contribution in [0.5, 0.6) is 0 Å². The van der Waals surface area contributed by atoms with Gasteiger partial charge in [-0.1, -0.05) is 0 Å². The number of rotatable bonds is 3. The van der Waals surface area contributed by atoms with Crippen molar-refractivity contribution in [2.24, 2.45) is 0 Å². The largest absolute Gasteiger partial charge is 0.381 e. The zero-order chi connectivity index (χ0) is 12.3. The summed E-state index contributed by atoms with van der Waals surface area (Å²) in [7, 11) is -1.15. The van der Waals surface area contributed by atoms with Gasteiger partial charge >= 0.3 is 0 Å². The van der Waals surface area contributed by atoms with E-state index < -0.39 is 10.0 Å². The molecule has 2 fully saturated rings. The third-order valence-corrected chi connectivity index (χ3v) is 6.21. The molecule has 0 aromatic heterocycles. The first-order valence-electron chi connectivity index (χ1n) is 6.38. The highest BCUT2D eigenvalue weighted by molar-refractivity contribution is 7.89. The molecule has 0 aliphatic carbocycles. The van der Waals surface area contributed by atoms with Gasteiger partial charge in [0.05, 0.1) is 5.25 Å². The van der Waals surface area contributed by atoms with Crippen molar-refractivity contribution >= 4 is 10.0 Å². The fourth-order valence-corrected chi connectivity index (χ4v) is 4.51. The summed E-state index contributed by atoms with van der Waals surface area (Å²) in [6.07, 6.45) is 3.13. The summed E-state index contributed by atoms with van der Waals surface area (Å²) in [6.45, 7) is 2.48. The van der Waals surface area contributed by atoms with Crippen molar-refractivity contribution in [1.29, 1.82) is 0 Å². The Bertz CT molecular complexity index is 331. The van der Waals surface area contributed by atoms with Crippen LogP contribution in [0.2, 0.25) is 0 Å². The summed E-state index contributed by atoms with van der Waals surface area (Å²) >= 11 is 0. The quantitative estimate of drug-likeness (QED) is 0.788. The average Bonchev–Trinajstić information content (AvgIpc) is 2.40. The fraction of sp³-hybridized carbons (Fsp3) is 1.00. The Balaban J connectivity index is 1.96. The predicted molar refractivity (Wildman–Crippen MR) is 66.4 cm³/mol. The Labute approximate surface area is 104 Å². The van der Waals surface area contributed by atoms with Gasteiger partial charge in [-0.3, -0.25) is 0 Å². The first-order chi connectivity index (χ1) is 8.14. The van der Waals surface area contributed by atoms with Gasteiger partial charge in [0, 0.05) is 32.3 Å². The molecule has 0 atom stereocenters. The lowest BCUT2D eigenvalue weighted by atomic mass is 10.1. The molecule has 2 aliphatic rings. The van der Waals surface area contributed by atoms with Crippen molar-refractivity contribution in [1.82, 2.24) is 9.62 Å². The second-order valence-corrected chi connectivity index (χ2v) is 7.03. The van der Waals surface area contributed by atoms with Crippen molar-refractivity contribution in [3.05, 3.63) is 0 Å². The van der Waals surface area contributed by atoms with Gasteiger partial charge in [0.1, 0.15) is 0 Å². The molecule has 0 saturated carbocycles. The SMILES string of the molecule is CNC1CCN(S(=O)(=O)C2CCOCC2)CC1. The van der Waals surface area contributed by atoms with Crippen LogP contribution >= 0.6 is 0 Å². The molecule has 5 nitrogen and oxygen atoms in total. The van der Waals surface area contributed by atoms with Crippen LogP contribution in [0.15, 0.2) is 0 Å². The third-order valence-electron chi connectivity index (χ3n) is 3.81. The van der Waals surface area contributed by atoms with E-state index in [1.54, 1.807) is 4.31 Å². The van der Waals surface area contributed by atoms with Crippen LogP contribution in [0.25, 0.3) is 0 Å². The van der Waals surface area contributed by atoms with Crippen molar-refractivity contribution in [3.8, 4) is 0 Å². The van der Waals surface area contributed by atoms with E-state index in [0.29, 0.717) is 45.2 Å². The monoisotopic (exact) mass is 262 g/mol. The Kier molecular flexibility index (Phi) is 4.41. The number of hydrogen-bond acceptors (Lipinski definition) is 4. The van der Waals surface area contributed by atoms with E-state index in [0.717, 1.165) is 12.8 Å². The van der Waals surface area contributed by atoms with Gasteiger partial charge < -0.3 is 10.1 Å². The van der Waals surface area contributed by atoms with Gasteiger partial charge in [-0.2, -0.15) is 0 Å². The molecule has 6 heteroatoms. The normalized spacial score (nSPS) is 26.2. The maximum Gasteiger partial charge on any atom is 0.217 e. The molecule has 17 heavy (non-hydrogen) atoms. The number of sulfonamides is 1. The lowest BCUT2D eigenvalue weighted by Crippen LogP contribution is -2.48. The van der Waals surface area contributed by atoms with Gasteiger partial charge in [-0.15, -0.1) is 0 Å². The van der Waals surface area contributed by atoms with Gasteiger partial charge in [-0.25, -0.2) is 12.7 Å². The zero-order valence-electron chi connectivity index (χ0n) is 10.4.